The Bertz CT molecular complexity index is 2710. The van der Waals surface area contributed by atoms with Crippen molar-refractivity contribution in [3.63, 3.8) is 0 Å². The number of fused-ring (bicyclic) bond motifs is 9. The Morgan fingerprint density at radius 1 is 0.311 bits per heavy atom. The van der Waals surface area contributed by atoms with Crippen molar-refractivity contribution in [3.05, 3.63) is 152 Å². The van der Waals surface area contributed by atoms with Crippen LogP contribution in [0.5, 0.6) is 0 Å². The van der Waals surface area contributed by atoms with Crippen LogP contribution < -0.4 is 0 Å². The highest BCUT2D eigenvalue weighted by Gasteiger charge is 2.25. The van der Waals surface area contributed by atoms with Gasteiger partial charge in [-0.25, -0.2) is 0 Å². The van der Waals surface area contributed by atoms with Crippen LogP contribution in [0.15, 0.2) is 152 Å². The zero-order chi connectivity index (χ0) is 29.2. The number of para-hydroxylation sites is 1. The molecule has 1 heterocycles. The maximum absolute atomic E-state index is 2.45. The van der Waals surface area contributed by atoms with Gasteiger partial charge in [-0.1, -0.05) is 121 Å². The molecule has 8 aromatic carbocycles. The van der Waals surface area contributed by atoms with E-state index in [9.17, 15) is 0 Å². The fraction of sp³-hybridized carbons (Fsp3) is 0. The Balaban J connectivity index is 1.10. The van der Waals surface area contributed by atoms with Gasteiger partial charge in [0.2, 0.25) is 0 Å². The number of aromatic nitrogens is 1. The Kier molecular flexibility index (Phi) is 4.38. The first-order valence-corrected chi connectivity index (χ1v) is 15.7. The molecule has 2 aliphatic rings. The van der Waals surface area contributed by atoms with Crippen molar-refractivity contribution in [1.29, 1.82) is 0 Å². The number of benzene rings is 8. The average Bonchev–Trinajstić information content (AvgIpc) is 3.72. The minimum atomic E-state index is 1.18. The smallest absolute Gasteiger partial charge is 0.0547 e. The molecule has 1 nitrogen and oxygen atoms in total. The van der Waals surface area contributed by atoms with E-state index in [-0.39, 0.29) is 0 Å². The highest BCUT2D eigenvalue weighted by atomic mass is 15.0. The molecule has 11 rings (SSSR count). The van der Waals surface area contributed by atoms with Gasteiger partial charge in [-0.2, -0.15) is 0 Å². The second kappa shape index (κ2) is 8.37. The number of nitrogens with zero attached hydrogens (tertiary/aromatic N) is 1. The molecular weight excluding hydrogens is 542 g/mol. The summed E-state index contributed by atoms with van der Waals surface area (Å²) < 4.78 is 2.45. The van der Waals surface area contributed by atoms with E-state index >= 15 is 0 Å². The molecule has 45 heavy (non-hydrogen) atoms. The molecule has 0 aliphatic heterocycles. The van der Waals surface area contributed by atoms with E-state index in [2.05, 4.69) is 156 Å². The molecule has 0 bridgehead atoms. The third-order valence-electron chi connectivity index (χ3n) is 10.3. The third kappa shape index (κ3) is 2.98. The Labute approximate surface area is 260 Å². The molecule has 0 saturated heterocycles. The largest absolute Gasteiger partial charge is 0.309 e. The van der Waals surface area contributed by atoms with E-state index in [1.807, 2.05) is 0 Å². The average molecular weight is 568 g/mol. The molecular formula is C44H25N. The van der Waals surface area contributed by atoms with Crippen molar-refractivity contribution in [2.45, 2.75) is 0 Å². The van der Waals surface area contributed by atoms with E-state index in [1.54, 1.807) is 0 Å². The molecule has 1 heteroatoms. The second-order valence-electron chi connectivity index (χ2n) is 12.5. The fourth-order valence-corrected chi connectivity index (χ4v) is 8.38. The van der Waals surface area contributed by atoms with Gasteiger partial charge in [-0.05, 0) is 108 Å². The molecule has 0 unspecified atom stereocenters. The Morgan fingerprint density at radius 3 is 1.67 bits per heavy atom. The molecule has 1 aromatic heterocycles. The van der Waals surface area contributed by atoms with E-state index < -0.39 is 0 Å². The number of hydrogen-bond acceptors (Lipinski definition) is 0. The number of rotatable bonds is 2. The van der Waals surface area contributed by atoms with Crippen LogP contribution in [-0.2, 0) is 0 Å². The summed E-state index contributed by atoms with van der Waals surface area (Å²) in [6.07, 6.45) is 0. The monoisotopic (exact) mass is 567 g/mol. The van der Waals surface area contributed by atoms with E-state index in [1.165, 1.54) is 105 Å². The van der Waals surface area contributed by atoms with Crippen molar-refractivity contribution in [2.24, 2.45) is 0 Å². The first kappa shape index (κ1) is 23.5. The second-order valence-corrected chi connectivity index (χ2v) is 12.5. The molecule has 0 atom stereocenters. The van der Waals surface area contributed by atoms with Crippen LogP contribution in [0.4, 0.5) is 0 Å². The summed E-state index contributed by atoms with van der Waals surface area (Å²) in [4.78, 5) is 0. The van der Waals surface area contributed by atoms with Gasteiger partial charge in [0.05, 0.1) is 11.0 Å². The maximum Gasteiger partial charge on any atom is 0.0547 e. The Hall–Kier alpha value is -5.92. The quantitative estimate of drug-likeness (QED) is 0.196. The lowest BCUT2D eigenvalue weighted by Crippen LogP contribution is -1.94. The lowest BCUT2D eigenvalue weighted by atomic mass is 9.94. The van der Waals surface area contributed by atoms with Crippen molar-refractivity contribution in [2.75, 3.05) is 0 Å². The van der Waals surface area contributed by atoms with Crippen LogP contribution in [-0.4, -0.2) is 4.57 Å². The van der Waals surface area contributed by atoms with Gasteiger partial charge in [0.25, 0.3) is 0 Å². The third-order valence-corrected chi connectivity index (χ3v) is 10.3. The van der Waals surface area contributed by atoms with Crippen LogP contribution in [0.25, 0.3) is 105 Å². The maximum atomic E-state index is 2.45. The summed E-state index contributed by atoms with van der Waals surface area (Å²) in [5.74, 6) is 0. The molecule has 2 aliphatic carbocycles. The predicted octanol–water partition coefficient (Wildman–Crippen LogP) is 12.1. The molecule has 0 spiro atoms. The zero-order valence-corrected chi connectivity index (χ0v) is 24.4. The molecule has 0 fully saturated rings. The SMILES string of the molecule is c1ccc2c(c1)-c1cccc3c(-c4ccc(-n5c6ccccc6c6cc7c(cc65)-c5cccc6cccc-7c56)cc4)ccc-2c13. The summed E-state index contributed by atoms with van der Waals surface area (Å²) in [5, 5.41) is 7.94. The lowest BCUT2D eigenvalue weighted by molar-refractivity contribution is 1.18. The standard InChI is InChI=1S/C44H25N/c1-2-11-31-30(10-1)34-16-7-15-33-29(22-23-37(31)44(33)34)26-18-20-28(21-19-26)45-41-17-4-3-12-32(41)40-24-38-35-13-5-8-27-9-6-14-36(43(27)35)39(38)25-42(40)45/h1-25H. The minimum absolute atomic E-state index is 1.18. The van der Waals surface area contributed by atoms with Crippen molar-refractivity contribution < 1.29 is 0 Å². The van der Waals surface area contributed by atoms with Gasteiger partial charge in [-0.3, -0.25) is 0 Å². The first-order valence-electron chi connectivity index (χ1n) is 15.7. The van der Waals surface area contributed by atoms with Gasteiger partial charge in [0.1, 0.15) is 0 Å². The first-order chi connectivity index (χ1) is 22.3. The summed E-state index contributed by atoms with van der Waals surface area (Å²) in [7, 11) is 0. The van der Waals surface area contributed by atoms with Gasteiger partial charge in [-0.15, -0.1) is 0 Å². The molecule has 206 valence electrons. The lowest BCUT2D eigenvalue weighted by Gasteiger charge is -2.12. The van der Waals surface area contributed by atoms with Gasteiger partial charge < -0.3 is 4.57 Å². The van der Waals surface area contributed by atoms with Crippen LogP contribution in [0, 0.1) is 0 Å². The van der Waals surface area contributed by atoms with E-state index in [0.29, 0.717) is 0 Å². The predicted molar refractivity (Wildman–Crippen MR) is 190 cm³/mol. The summed E-state index contributed by atoms with van der Waals surface area (Å²) in [5.41, 5.74) is 16.9. The molecule has 0 saturated carbocycles. The summed E-state index contributed by atoms with van der Waals surface area (Å²) >= 11 is 0. The minimum Gasteiger partial charge on any atom is -0.309 e. The van der Waals surface area contributed by atoms with Gasteiger partial charge in [0.15, 0.2) is 0 Å². The van der Waals surface area contributed by atoms with Crippen molar-refractivity contribution in [1.82, 2.24) is 4.57 Å². The Morgan fingerprint density at radius 2 is 0.889 bits per heavy atom. The van der Waals surface area contributed by atoms with E-state index in [0.717, 1.165) is 0 Å². The van der Waals surface area contributed by atoms with Crippen LogP contribution in [0.1, 0.15) is 0 Å². The number of hydrogen-bond donors (Lipinski definition) is 0. The van der Waals surface area contributed by atoms with Crippen LogP contribution in [0.3, 0.4) is 0 Å². The van der Waals surface area contributed by atoms with Crippen molar-refractivity contribution in [3.8, 4) is 61.3 Å². The van der Waals surface area contributed by atoms with E-state index in [4.69, 9.17) is 0 Å². The molecule has 0 amide bonds. The fourth-order valence-electron chi connectivity index (χ4n) is 8.38. The molecule has 0 radical (unpaired) electrons. The summed E-state index contributed by atoms with van der Waals surface area (Å²) in [6, 6.07) is 56.4. The van der Waals surface area contributed by atoms with Gasteiger partial charge in [0, 0.05) is 16.5 Å². The molecule has 9 aromatic rings. The van der Waals surface area contributed by atoms with Gasteiger partial charge >= 0.3 is 0 Å². The normalized spacial score (nSPS) is 12.4. The van der Waals surface area contributed by atoms with Crippen molar-refractivity contribution >= 4 is 43.4 Å². The van der Waals surface area contributed by atoms with Crippen LogP contribution in [0.2, 0.25) is 0 Å². The molecule has 0 N–H and O–H groups in total. The summed E-state index contributed by atoms with van der Waals surface area (Å²) in [6.45, 7) is 0. The topological polar surface area (TPSA) is 4.93 Å². The van der Waals surface area contributed by atoms with Crippen LogP contribution >= 0.6 is 0 Å². The zero-order valence-electron chi connectivity index (χ0n) is 24.4. The highest BCUT2D eigenvalue weighted by molar-refractivity contribution is 6.21. The highest BCUT2D eigenvalue weighted by Crippen LogP contribution is 2.51.